The van der Waals surface area contributed by atoms with Crippen molar-refractivity contribution >= 4 is 11.8 Å². The third-order valence-electron chi connectivity index (χ3n) is 1.97. The van der Waals surface area contributed by atoms with Gasteiger partial charge in [-0.1, -0.05) is 12.1 Å². The van der Waals surface area contributed by atoms with Gasteiger partial charge in [-0.3, -0.25) is 15.4 Å². The fraction of sp³-hybridized carbons (Fsp3) is 0.125. The Labute approximate surface area is 83.4 Å². The van der Waals surface area contributed by atoms with Crippen LogP contribution in [-0.4, -0.2) is 16.1 Å². The maximum atomic E-state index is 10.9. The van der Waals surface area contributed by atoms with Crippen LogP contribution in [0.15, 0.2) is 18.2 Å². The van der Waals surface area contributed by atoms with E-state index in [1.165, 1.54) is 18.2 Å². The highest BCUT2D eigenvalue weighted by atomic mass is 16.6. The summed E-state index contributed by atoms with van der Waals surface area (Å²) < 4.78 is 4.64. The number of hydrogen-bond acceptors (Lipinski definition) is 5. The number of nitro groups is 1. The molecule has 2 rings (SSSR count). The van der Waals surface area contributed by atoms with E-state index in [0.717, 1.165) is 0 Å². The van der Waals surface area contributed by atoms with Crippen molar-refractivity contribution in [1.82, 2.24) is 5.32 Å². The number of carbonyl (C=O) groups excluding carboxylic acids is 1. The molecular formula is C8H6N2O5. The molecule has 0 spiro atoms. The number of rotatable bonds is 1. The summed E-state index contributed by atoms with van der Waals surface area (Å²) in [5, 5.41) is 22.1. The molecule has 1 aliphatic heterocycles. The highest BCUT2D eigenvalue weighted by molar-refractivity contribution is 5.76. The lowest BCUT2D eigenvalue weighted by Crippen LogP contribution is -2.35. The quantitative estimate of drug-likeness (QED) is 0.524. The Bertz CT molecular complexity index is 445. The molecule has 78 valence electrons. The molecule has 1 heterocycles. The molecule has 0 aromatic heterocycles. The largest absolute Gasteiger partial charge is 0.415 e. The van der Waals surface area contributed by atoms with Crippen LogP contribution in [0, 0.1) is 10.1 Å². The first-order valence-corrected chi connectivity index (χ1v) is 4.03. The van der Waals surface area contributed by atoms with Crippen molar-refractivity contribution < 1.29 is 19.6 Å². The minimum atomic E-state index is -1.28. The molecule has 7 nitrogen and oxygen atoms in total. The van der Waals surface area contributed by atoms with Crippen molar-refractivity contribution in [3.8, 4) is 5.75 Å². The van der Waals surface area contributed by atoms with Crippen LogP contribution in [0.1, 0.15) is 11.8 Å². The molecule has 7 heteroatoms. The monoisotopic (exact) mass is 210 g/mol. The zero-order valence-electron chi connectivity index (χ0n) is 7.34. The Morgan fingerprint density at radius 1 is 1.53 bits per heavy atom. The Kier molecular flexibility index (Phi) is 2.01. The molecule has 1 unspecified atom stereocenters. The molecular weight excluding hydrogens is 204 g/mol. The van der Waals surface area contributed by atoms with E-state index in [9.17, 15) is 20.0 Å². The first kappa shape index (κ1) is 9.41. The van der Waals surface area contributed by atoms with Crippen LogP contribution in [0.2, 0.25) is 0 Å². The Morgan fingerprint density at radius 3 is 2.93 bits per heavy atom. The third-order valence-corrected chi connectivity index (χ3v) is 1.97. The molecule has 0 fully saturated rings. The number of aliphatic hydroxyl groups is 1. The van der Waals surface area contributed by atoms with E-state index in [4.69, 9.17) is 0 Å². The Hall–Kier alpha value is -2.15. The number of benzene rings is 1. The van der Waals surface area contributed by atoms with Gasteiger partial charge in [0, 0.05) is 6.07 Å². The van der Waals surface area contributed by atoms with Gasteiger partial charge in [0.25, 0.3) is 0 Å². The second-order valence-corrected chi connectivity index (χ2v) is 2.89. The van der Waals surface area contributed by atoms with Crippen LogP contribution in [0.5, 0.6) is 5.75 Å². The maximum Gasteiger partial charge on any atom is 0.415 e. The zero-order chi connectivity index (χ0) is 11.0. The molecule has 0 radical (unpaired) electrons. The summed E-state index contributed by atoms with van der Waals surface area (Å²) in [5.74, 6) is -0.209. The number of fused-ring (bicyclic) bond motifs is 1. The number of nitrogens with zero attached hydrogens (tertiary/aromatic N) is 1. The highest BCUT2D eigenvalue weighted by Gasteiger charge is 2.30. The topological polar surface area (TPSA) is 102 Å². The van der Waals surface area contributed by atoms with Gasteiger partial charge in [0.15, 0.2) is 6.23 Å². The Morgan fingerprint density at radius 2 is 2.27 bits per heavy atom. The summed E-state index contributed by atoms with van der Waals surface area (Å²) >= 11 is 0. The van der Waals surface area contributed by atoms with Gasteiger partial charge in [-0.25, -0.2) is 4.79 Å². The lowest BCUT2D eigenvalue weighted by Gasteiger charge is -2.21. The number of nitro benzene ring substituents is 1. The van der Waals surface area contributed by atoms with Gasteiger partial charge in [-0.15, -0.1) is 0 Å². The lowest BCUT2D eigenvalue weighted by atomic mass is 10.1. The van der Waals surface area contributed by atoms with Crippen LogP contribution in [-0.2, 0) is 0 Å². The van der Waals surface area contributed by atoms with Gasteiger partial charge < -0.3 is 9.84 Å². The Balaban J connectivity index is 2.59. The van der Waals surface area contributed by atoms with E-state index >= 15 is 0 Å². The molecule has 0 saturated carbocycles. The summed E-state index contributed by atoms with van der Waals surface area (Å²) in [6.45, 7) is 0. The van der Waals surface area contributed by atoms with Crippen LogP contribution in [0.25, 0.3) is 0 Å². The molecule has 1 aliphatic rings. The molecule has 0 bridgehead atoms. The summed E-state index contributed by atoms with van der Waals surface area (Å²) in [7, 11) is 0. The van der Waals surface area contributed by atoms with E-state index in [0.29, 0.717) is 0 Å². The van der Waals surface area contributed by atoms with Gasteiger partial charge in [-0.05, 0) is 0 Å². The number of amides is 1. The van der Waals surface area contributed by atoms with Crippen molar-refractivity contribution in [1.29, 1.82) is 0 Å². The average Bonchev–Trinajstić information content (AvgIpc) is 2.16. The van der Waals surface area contributed by atoms with Gasteiger partial charge in [0.2, 0.25) is 5.75 Å². The number of nitrogens with one attached hydrogen (secondary N) is 1. The average molecular weight is 210 g/mol. The van der Waals surface area contributed by atoms with Gasteiger partial charge >= 0.3 is 11.8 Å². The molecule has 1 amide bonds. The number of ether oxygens (including phenoxy) is 1. The number of aliphatic hydroxyl groups excluding tert-OH is 1. The second kappa shape index (κ2) is 3.21. The zero-order valence-corrected chi connectivity index (χ0v) is 7.34. The molecule has 15 heavy (non-hydrogen) atoms. The maximum absolute atomic E-state index is 10.9. The summed E-state index contributed by atoms with van der Waals surface area (Å²) in [6.07, 6.45) is -2.19. The molecule has 2 N–H and O–H groups in total. The van der Waals surface area contributed by atoms with E-state index in [-0.39, 0.29) is 17.0 Å². The number of carbonyl (C=O) groups is 1. The number of hydrogen-bond donors (Lipinski definition) is 2. The minimum Gasteiger partial charge on any atom is -0.402 e. The highest BCUT2D eigenvalue weighted by Crippen LogP contribution is 2.36. The van der Waals surface area contributed by atoms with Crippen LogP contribution in [0.3, 0.4) is 0 Å². The third kappa shape index (κ3) is 1.48. The first-order chi connectivity index (χ1) is 7.09. The van der Waals surface area contributed by atoms with Crippen molar-refractivity contribution in [2.45, 2.75) is 6.23 Å². The molecule has 1 atom stereocenters. The van der Waals surface area contributed by atoms with E-state index in [1.807, 2.05) is 0 Å². The first-order valence-electron chi connectivity index (χ1n) is 4.03. The van der Waals surface area contributed by atoms with E-state index in [2.05, 4.69) is 10.1 Å². The lowest BCUT2D eigenvalue weighted by molar-refractivity contribution is -0.385. The van der Waals surface area contributed by atoms with E-state index in [1.54, 1.807) is 0 Å². The molecule has 1 aromatic rings. The standard InChI is InChI=1S/C8H6N2O5/c11-7-4-2-1-3-5(10(13)14)6(4)15-8(12)9-7/h1-3,7,11H,(H,9,12). The predicted molar refractivity (Wildman–Crippen MR) is 47.2 cm³/mol. The SMILES string of the molecule is O=C1NC(O)c2cccc([N+](=O)[O-])c2O1. The molecule has 0 saturated heterocycles. The summed E-state index contributed by atoms with van der Waals surface area (Å²) in [5.41, 5.74) is -0.176. The van der Waals surface area contributed by atoms with Gasteiger partial charge in [0.05, 0.1) is 10.5 Å². The predicted octanol–water partition coefficient (Wildman–Crippen LogP) is 0.688. The number of para-hydroxylation sites is 1. The van der Waals surface area contributed by atoms with Gasteiger partial charge in [-0.2, -0.15) is 0 Å². The van der Waals surface area contributed by atoms with Crippen molar-refractivity contribution in [2.24, 2.45) is 0 Å². The van der Waals surface area contributed by atoms with Crippen LogP contribution >= 0.6 is 0 Å². The smallest absolute Gasteiger partial charge is 0.402 e. The molecule has 1 aromatic carbocycles. The fourth-order valence-corrected chi connectivity index (χ4v) is 1.32. The van der Waals surface area contributed by atoms with Crippen molar-refractivity contribution in [3.05, 3.63) is 33.9 Å². The van der Waals surface area contributed by atoms with E-state index < -0.39 is 17.2 Å². The van der Waals surface area contributed by atoms with Crippen molar-refractivity contribution in [3.63, 3.8) is 0 Å². The molecule has 0 aliphatic carbocycles. The fourth-order valence-electron chi connectivity index (χ4n) is 1.32. The second-order valence-electron chi connectivity index (χ2n) is 2.89. The van der Waals surface area contributed by atoms with Crippen LogP contribution < -0.4 is 10.1 Å². The summed E-state index contributed by atoms with van der Waals surface area (Å²) in [6, 6.07) is 4.04. The normalized spacial score (nSPS) is 18.7. The summed E-state index contributed by atoms with van der Waals surface area (Å²) in [4.78, 5) is 20.8. The van der Waals surface area contributed by atoms with Gasteiger partial charge in [0.1, 0.15) is 0 Å². The van der Waals surface area contributed by atoms with Crippen LogP contribution in [0.4, 0.5) is 10.5 Å². The van der Waals surface area contributed by atoms with Crippen molar-refractivity contribution in [2.75, 3.05) is 0 Å². The minimum absolute atomic E-state index is 0.170.